The summed E-state index contributed by atoms with van der Waals surface area (Å²) < 4.78 is 39.9. The molecule has 0 atom stereocenters. The molecule has 0 amide bonds. The second-order valence-electron chi connectivity index (χ2n) is 2.78. The van der Waals surface area contributed by atoms with Gasteiger partial charge >= 0.3 is 6.18 Å². The number of ketones is 1. The third kappa shape index (κ3) is 3.49. The summed E-state index contributed by atoms with van der Waals surface area (Å²) in [5.41, 5.74) is 5.81. The number of rotatable bonds is 3. The smallest absolute Gasteiger partial charge is 0.453 e. The Morgan fingerprint density at radius 3 is 2.27 bits per heavy atom. The van der Waals surface area contributed by atoms with Crippen LogP contribution < -0.4 is 10.5 Å². The number of nitrogen functional groups attached to an aromatic ring is 1. The Balaban J connectivity index is 2.51. The minimum Gasteiger partial charge on any atom is -0.485 e. The molecule has 0 aromatic heterocycles. The molecule has 0 bridgehead atoms. The van der Waals surface area contributed by atoms with Gasteiger partial charge in [-0.05, 0) is 24.3 Å². The van der Waals surface area contributed by atoms with Gasteiger partial charge in [0.2, 0.25) is 0 Å². The number of benzene rings is 1. The highest BCUT2D eigenvalue weighted by atomic mass is 19.4. The zero-order chi connectivity index (χ0) is 11.5. The lowest BCUT2D eigenvalue weighted by Crippen LogP contribution is -2.28. The molecule has 0 aliphatic carbocycles. The van der Waals surface area contributed by atoms with Crippen molar-refractivity contribution in [3.8, 4) is 5.75 Å². The Kier molecular flexibility index (Phi) is 3.18. The fraction of sp³-hybridized carbons (Fsp3) is 0.222. The first-order valence-electron chi connectivity index (χ1n) is 3.98. The van der Waals surface area contributed by atoms with Crippen LogP contribution in [0.15, 0.2) is 24.3 Å². The molecule has 1 aromatic carbocycles. The van der Waals surface area contributed by atoms with Crippen LogP contribution in [0.25, 0.3) is 0 Å². The summed E-state index contributed by atoms with van der Waals surface area (Å²) >= 11 is 0. The third-order valence-electron chi connectivity index (χ3n) is 1.57. The highest BCUT2D eigenvalue weighted by molar-refractivity contribution is 5.85. The highest BCUT2D eigenvalue weighted by Gasteiger charge is 2.38. The lowest BCUT2D eigenvalue weighted by Gasteiger charge is -2.07. The van der Waals surface area contributed by atoms with Crippen LogP contribution in [-0.2, 0) is 4.79 Å². The molecule has 3 nitrogen and oxygen atoms in total. The lowest BCUT2D eigenvalue weighted by atomic mass is 10.3. The third-order valence-corrected chi connectivity index (χ3v) is 1.57. The molecule has 1 rings (SSSR count). The van der Waals surface area contributed by atoms with Crippen molar-refractivity contribution in [3.05, 3.63) is 24.3 Å². The zero-order valence-electron chi connectivity index (χ0n) is 7.54. The SMILES string of the molecule is Nc1ccc(OCC(=O)C(F)(F)F)cc1. The van der Waals surface area contributed by atoms with Crippen molar-refractivity contribution in [2.45, 2.75) is 6.18 Å². The van der Waals surface area contributed by atoms with E-state index in [0.717, 1.165) is 0 Å². The van der Waals surface area contributed by atoms with Crippen LogP contribution in [0, 0.1) is 0 Å². The Morgan fingerprint density at radius 2 is 1.80 bits per heavy atom. The Labute approximate surface area is 83.6 Å². The van der Waals surface area contributed by atoms with E-state index in [2.05, 4.69) is 4.74 Å². The van der Waals surface area contributed by atoms with Gasteiger partial charge in [0.25, 0.3) is 5.78 Å². The first-order valence-corrected chi connectivity index (χ1v) is 3.98. The second kappa shape index (κ2) is 4.20. The van der Waals surface area contributed by atoms with E-state index in [1.165, 1.54) is 24.3 Å². The summed E-state index contributed by atoms with van der Waals surface area (Å²) in [5.74, 6) is -1.75. The molecule has 0 aliphatic rings. The molecule has 0 unspecified atom stereocenters. The molecule has 0 fully saturated rings. The molecular weight excluding hydrogens is 211 g/mol. The van der Waals surface area contributed by atoms with E-state index in [4.69, 9.17) is 5.73 Å². The summed E-state index contributed by atoms with van der Waals surface area (Å²) in [6.45, 7) is -1.02. The molecule has 0 saturated carbocycles. The number of ether oxygens (including phenoxy) is 1. The molecule has 82 valence electrons. The van der Waals surface area contributed by atoms with Crippen LogP contribution in [0.2, 0.25) is 0 Å². The van der Waals surface area contributed by atoms with Crippen LogP contribution in [0.5, 0.6) is 5.75 Å². The first kappa shape index (κ1) is 11.4. The predicted molar refractivity (Wildman–Crippen MR) is 47.4 cm³/mol. The standard InChI is InChI=1S/C9H8F3NO2/c10-9(11,12)8(14)5-15-7-3-1-6(13)2-4-7/h1-4H,5,13H2. The van der Waals surface area contributed by atoms with Crippen molar-refractivity contribution in [3.63, 3.8) is 0 Å². The number of carbonyl (C=O) groups is 1. The van der Waals surface area contributed by atoms with Crippen molar-refractivity contribution in [1.29, 1.82) is 0 Å². The van der Waals surface area contributed by atoms with Crippen LogP contribution in [0.1, 0.15) is 0 Å². The van der Waals surface area contributed by atoms with Gasteiger partial charge in [-0.2, -0.15) is 13.2 Å². The fourth-order valence-electron chi connectivity index (χ4n) is 0.795. The molecular formula is C9H8F3NO2. The van der Waals surface area contributed by atoms with Crippen molar-refractivity contribution < 1.29 is 22.7 Å². The normalized spacial score (nSPS) is 11.1. The van der Waals surface area contributed by atoms with Gasteiger partial charge in [-0.25, -0.2) is 0 Å². The van der Waals surface area contributed by atoms with Gasteiger partial charge in [-0.1, -0.05) is 0 Å². The van der Waals surface area contributed by atoms with Gasteiger partial charge in [0.05, 0.1) is 0 Å². The summed E-state index contributed by atoms with van der Waals surface area (Å²) in [7, 11) is 0. The summed E-state index contributed by atoms with van der Waals surface area (Å²) in [5, 5.41) is 0. The van der Waals surface area contributed by atoms with E-state index in [1.807, 2.05) is 0 Å². The number of halogens is 3. The number of nitrogens with two attached hydrogens (primary N) is 1. The predicted octanol–water partition coefficient (Wildman–Crippen LogP) is 1.78. The second-order valence-corrected chi connectivity index (χ2v) is 2.78. The number of anilines is 1. The van der Waals surface area contributed by atoms with Crippen LogP contribution in [0.3, 0.4) is 0 Å². The van der Waals surface area contributed by atoms with E-state index >= 15 is 0 Å². The minimum absolute atomic E-state index is 0.168. The van der Waals surface area contributed by atoms with E-state index in [-0.39, 0.29) is 5.75 Å². The first-order chi connectivity index (χ1) is 6.89. The molecule has 1 aromatic rings. The van der Waals surface area contributed by atoms with Gasteiger partial charge in [-0.15, -0.1) is 0 Å². The van der Waals surface area contributed by atoms with Crippen LogP contribution in [-0.4, -0.2) is 18.6 Å². The number of Topliss-reactive ketones (excluding diaryl/α,β-unsaturated/α-hetero) is 1. The number of hydrogen-bond donors (Lipinski definition) is 1. The summed E-state index contributed by atoms with van der Waals surface area (Å²) in [4.78, 5) is 10.4. The van der Waals surface area contributed by atoms with Crippen molar-refractivity contribution in [2.75, 3.05) is 12.3 Å². The molecule has 0 spiro atoms. The van der Waals surface area contributed by atoms with Gasteiger partial charge in [0, 0.05) is 5.69 Å². The fourth-order valence-corrected chi connectivity index (χ4v) is 0.795. The van der Waals surface area contributed by atoms with Gasteiger partial charge in [0.15, 0.2) is 6.61 Å². The monoisotopic (exact) mass is 219 g/mol. The number of hydrogen-bond acceptors (Lipinski definition) is 3. The molecule has 0 saturated heterocycles. The molecule has 0 heterocycles. The van der Waals surface area contributed by atoms with Crippen molar-refractivity contribution in [1.82, 2.24) is 0 Å². The molecule has 0 aliphatic heterocycles. The molecule has 0 radical (unpaired) electrons. The lowest BCUT2D eigenvalue weighted by molar-refractivity contribution is -0.173. The summed E-state index contributed by atoms with van der Waals surface area (Å²) in [6.07, 6.45) is -4.85. The number of carbonyl (C=O) groups excluding carboxylic acids is 1. The maximum absolute atomic E-state index is 11.8. The van der Waals surface area contributed by atoms with Gasteiger partial charge < -0.3 is 10.5 Å². The quantitative estimate of drug-likeness (QED) is 0.788. The van der Waals surface area contributed by atoms with E-state index in [0.29, 0.717) is 5.69 Å². The van der Waals surface area contributed by atoms with Crippen LogP contribution in [0.4, 0.5) is 18.9 Å². The topological polar surface area (TPSA) is 52.3 Å². The average molecular weight is 219 g/mol. The minimum atomic E-state index is -4.85. The average Bonchev–Trinajstić information content (AvgIpc) is 2.15. The van der Waals surface area contributed by atoms with Crippen molar-refractivity contribution in [2.24, 2.45) is 0 Å². The summed E-state index contributed by atoms with van der Waals surface area (Å²) in [6, 6.07) is 5.71. The molecule has 15 heavy (non-hydrogen) atoms. The maximum Gasteiger partial charge on any atom is 0.453 e. The molecule has 2 N–H and O–H groups in total. The maximum atomic E-state index is 11.8. The largest absolute Gasteiger partial charge is 0.485 e. The molecule has 6 heteroatoms. The highest BCUT2D eigenvalue weighted by Crippen LogP contribution is 2.18. The van der Waals surface area contributed by atoms with E-state index in [9.17, 15) is 18.0 Å². The van der Waals surface area contributed by atoms with Gasteiger partial charge in [0.1, 0.15) is 5.75 Å². The Morgan fingerprint density at radius 1 is 1.27 bits per heavy atom. The number of alkyl halides is 3. The zero-order valence-corrected chi connectivity index (χ0v) is 7.54. The Hall–Kier alpha value is -1.72. The van der Waals surface area contributed by atoms with E-state index in [1.54, 1.807) is 0 Å². The van der Waals surface area contributed by atoms with Gasteiger partial charge in [-0.3, -0.25) is 4.79 Å². The van der Waals surface area contributed by atoms with Crippen LogP contribution >= 0.6 is 0 Å². The Bertz CT molecular complexity index is 345. The van der Waals surface area contributed by atoms with Crippen molar-refractivity contribution >= 4 is 11.5 Å². The van der Waals surface area contributed by atoms with E-state index < -0.39 is 18.6 Å².